The average molecular weight is 289 g/mol. The van der Waals surface area contributed by atoms with Crippen molar-refractivity contribution in [2.24, 2.45) is 0 Å². The number of carbonyl (C=O) groups excluding carboxylic acids is 1. The lowest BCUT2D eigenvalue weighted by Crippen LogP contribution is -2.44. The summed E-state index contributed by atoms with van der Waals surface area (Å²) < 4.78 is 13.3. The first-order valence-electron chi connectivity index (χ1n) is 4.94. The molecule has 0 aromatic carbocycles. The second kappa shape index (κ2) is 5.39. The first kappa shape index (κ1) is 13.1. The number of rotatable bonds is 4. The van der Waals surface area contributed by atoms with Crippen molar-refractivity contribution in [1.29, 1.82) is 0 Å². The van der Waals surface area contributed by atoms with Crippen LogP contribution in [0.5, 0.6) is 0 Å². The number of aromatic nitrogens is 1. The Morgan fingerprint density at radius 2 is 2.31 bits per heavy atom. The third-order valence-corrected chi connectivity index (χ3v) is 2.58. The third kappa shape index (κ3) is 3.56. The van der Waals surface area contributed by atoms with Crippen LogP contribution in [0.15, 0.2) is 18.5 Å². The molecule has 0 atom stereocenters. The average Bonchev–Trinajstić information content (AvgIpc) is 2.17. The molecule has 0 radical (unpaired) electrons. The van der Waals surface area contributed by atoms with Crippen molar-refractivity contribution in [3.8, 4) is 0 Å². The van der Waals surface area contributed by atoms with Crippen LogP contribution in [0.1, 0.15) is 30.6 Å². The van der Waals surface area contributed by atoms with Crippen LogP contribution < -0.4 is 5.32 Å². The highest BCUT2D eigenvalue weighted by atomic mass is 79.9. The molecule has 88 valence electrons. The van der Waals surface area contributed by atoms with Gasteiger partial charge in [0.1, 0.15) is 0 Å². The molecule has 0 unspecified atom stereocenters. The Balaban J connectivity index is 2.77. The monoisotopic (exact) mass is 288 g/mol. The molecule has 0 spiro atoms. The number of pyridine rings is 1. The minimum absolute atomic E-state index is 0.0256. The van der Waals surface area contributed by atoms with Crippen molar-refractivity contribution in [2.45, 2.75) is 25.8 Å². The van der Waals surface area contributed by atoms with E-state index in [4.69, 9.17) is 0 Å². The lowest BCUT2D eigenvalue weighted by Gasteiger charge is -2.25. The van der Waals surface area contributed by atoms with Gasteiger partial charge < -0.3 is 5.32 Å². The van der Waals surface area contributed by atoms with E-state index in [0.717, 1.165) is 17.9 Å². The first-order valence-corrected chi connectivity index (χ1v) is 6.06. The molecule has 0 aliphatic heterocycles. The molecule has 0 aliphatic rings. The largest absolute Gasteiger partial charge is 0.347 e. The van der Waals surface area contributed by atoms with Gasteiger partial charge in [-0.25, -0.2) is 4.39 Å². The van der Waals surface area contributed by atoms with Crippen molar-refractivity contribution < 1.29 is 9.18 Å². The second-order valence-electron chi connectivity index (χ2n) is 4.13. The van der Waals surface area contributed by atoms with Crippen LogP contribution in [0.4, 0.5) is 4.39 Å². The molecule has 16 heavy (non-hydrogen) atoms. The number of halogens is 2. The van der Waals surface area contributed by atoms with E-state index in [1.165, 1.54) is 12.3 Å². The van der Waals surface area contributed by atoms with E-state index >= 15 is 0 Å². The number of nitrogens with one attached hydrogen (secondary N) is 1. The minimum atomic E-state index is -0.602. The van der Waals surface area contributed by atoms with Crippen LogP contribution in [0.25, 0.3) is 0 Å². The molecule has 0 aliphatic carbocycles. The number of hydrogen-bond donors (Lipinski definition) is 1. The summed E-state index contributed by atoms with van der Waals surface area (Å²) in [5, 5.41) is 3.55. The SMILES string of the molecule is CC(C)(CCBr)NC(=O)c1ccncc1F. The molecule has 0 saturated heterocycles. The summed E-state index contributed by atoms with van der Waals surface area (Å²) in [7, 11) is 0. The molecule has 1 amide bonds. The van der Waals surface area contributed by atoms with Gasteiger partial charge in [0.15, 0.2) is 5.82 Å². The van der Waals surface area contributed by atoms with E-state index in [-0.39, 0.29) is 11.1 Å². The van der Waals surface area contributed by atoms with Gasteiger partial charge in [-0.05, 0) is 26.3 Å². The normalized spacial score (nSPS) is 11.2. The topological polar surface area (TPSA) is 42.0 Å². The highest BCUT2D eigenvalue weighted by Gasteiger charge is 2.21. The lowest BCUT2D eigenvalue weighted by molar-refractivity contribution is 0.0907. The quantitative estimate of drug-likeness (QED) is 0.865. The summed E-state index contributed by atoms with van der Waals surface area (Å²) >= 11 is 3.31. The summed E-state index contributed by atoms with van der Waals surface area (Å²) in [6.45, 7) is 3.79. The highest BCUT2D eigenvalue weighted by Crippen LogP contribution is 2.12. The van der Waals surface area contributed by atoms with Crippen LogP contribution >= 0.6 is 15.9 Å². The van der Waals surface area contributed by atoms with Crippen LogP contribution in [-0.4, -0.2) is 21.8 Å². The van der Waals surface area contributed by atoms with Gasteiger partial charge >= 0.3 is 0 Å². The van der Waals surface area contributed by atoms with Crippen molar-refractivity contribution in [1.82, 2.24) is 10.3 Å². The Bertz CT molecular complexity index is 382. The van der Waals surface area contributed by atoms with Gasteiger partial charge in [-0.3, -0.25) is 9.78 Å². The van der Waals surface area contributed by atoms with E-state index < -0.39 is 11.7 Å². The number of amides is 1. The smallest absolute Gasteiger partial charge is 0.254 e. The van der Waals surface area contributed by atoms with Crippen LogP contribution in [-0.2, 0) is 0 Å². The van der Waals surface area contributed by atoms with E-state index in [1.807, 2.05) is 13.8 Å². The van der Waals surface area contributed by atoms with Crippen LogP contribution in [0, 0.1) is 5.82 Å². The van der Waals surface area contributed by atoms with Gasteiger partial charge in [0.2, 0.25) is 0 Å². The maximum Gasteiger partial charge on any atom is 0.254 e. The fourth-order valence-electron chi connectivity index (χ4n) is 1.23. The van der Waals surface area contributed by atoms with Crippen molar-refractivity contribution in [3.05, 3.63) is 29.8 Å². The number of alkyl halides is 1. The third-order valence-electron chi connectivity index (χ3n) is 2.19. The predicted molar refractivity (Wildman–Crippen MR) is 64.2 cm³/mol. The van der Waals surface area contributed by atoms with Crippen molar-refractivity contribution >= 4 is 21.8 Å². The molecule has 1 rings (SSSR count). The summed E-state index contributed by atoms with van der Waals surface area (Å²) in [6, 6.07) is 1.37. The molecule has 0 bridgehead atoms. The zero-order chi connectivity index (χ0) is 12.2. The standard InChI is InChI=1S/C11H14BrFN2O/c1-11(2,4-5-12)15-10(16)8-3-6-14-7-9(8)13/h3,6-7H,4-5H2,1-2H3,(H,15,16). The molecule has 1 heterocycles. The molecule has 1 aromatic rings. The predicted octanol–water partition coefficient (Wildman–Crippen LogP) is 2.51. The fraction of sp³-hybridized carbons (Fsp3) is 0.455. The van der Waals surface area contributed by atoms with Gasteiger partial charge in [0.05, 0.1) is 11.8 Å². The molecule has 0 saturated carbocycles. The maximum absolute atomic E-state index is 13.3. The lowest BCUT2D eigenvalue weighted by atomic mass is 10.0. The Hall–Kier alpha value is -0.970. The molecule has 1 N–H and O–H groups in total. The van der Waals surface area contributed by atoms with Gasteiger partial charge in [-0.1, -0.05) is 15.9 Å². The van der Waals surface area contributed by atoms with Gasteiger partial charge in [0.25, 0.3) is 5.91 Å². The Morgan fingerprint density at radius 1 is 1.62 bits per heavy atom. The number of carbonyl (C=O) groups is 1. The fourth-order valence-corrected chi connectivity index (χ4v) is 2.22. The van der Waals surface area contributed by atoms with Gasteiger partial charge in [0, 0.05) is 17.1 Å². The van der Waals surface area contributed by atoms with E-state index in [1.54, 1.807) is 0 Å². The number of nitrogens with zero attached hydrogens (tertiary/aromatic N) is 1. The summed E-state index contributed by atoms with van der Waals surface area (Å²) in [5.41, 5.74) is -0.339. The maximum atomic E-state index is 13.3. The van der Waals surface area contributed by atoms with E-state index in [2.05, 4.69) is 26.2 Å². The minimum Gasteiger partial charge on any atom is -0.347 e. The Labute approximate surface area is 103 Å². The zero-order valence-corrected chi connectivity index (χ0v) is 10.8. The van der Waals surface area contributed by atoms with Crippen molar-refractivity contribution in [2.75, 3.05) is 5.33 Å². The molecular formula is C11H14BrFN2O. The number of hydrogen-bond acceptors (Lipinski definition) is 2. The Kier molecular flexibility index (Phi) is 4.41. The van der Waals surface area contributed by atoms with Crippen LogP contribution in [0.3, 0.4) is 0 Å². The summed E-state index contributed by atoms with van der Waals surface area (Å²) in [5.74, 6) is -1.01. The molecule has 1 aromatic heterocycles. The van der Waals surface area contributed by atoms with E-state index in [9.17, 15) is 9.18 Å². The Morgan fingerprint density at radius 3 is 2.88 bits per heavy atom. The molecule has 0 fully saturated rings. The molecular weight excluding hydrogens is 275 g/mol. The molecule has 3 nitrogen and oxygen atoms in total. The summed E-state index contributed by atoms with van der Waals surface area (Å²) in [4.78, 5) is 15.4. The van der Waals surface area contributed by atoms with Crippen LogP contribution in [0.2, 0.25) is 0 Å². The van der Waals surface area contributed by atoms with Crippen molar-refractivity contribution in [3.63, 3.8) is 0 Å². The first-order chi connectivity index (χ1) is 7.46. The van der Waals surface area contributed by atoms with Gasteiger partial charge in [-0.15, -0.1) is 0 Å². The zero-order valence-electron chi connectivity index (χ0n) is 9.26. The van der Waals surface area contributed by atoms with E-state index in [0.29, 0.717) is 0 Å². The molecule has 5 heteroatoms. The highest BCUT2D eigenvalue weighted by molar-refractivity contribution is 9.09. The summed E-state index contributed by atoms with van der Waals surface area (Å²) in [6.07, 6.45) is 3.20. The van der Waals surface area contributed by atoms with Gasteiger partial charge in [-0.2, -0.15) is 0 Å². The second-order valence-corrected chi connectivity index (χ2v) is 4.93.